The average Bonchev–Trinajstić information content (AvgIpc) is 2.88. The van der Waals surface area contributed by atoms with Gasteiger partial charge in [-0.1, -0.05) is 12.1 Å². The molecule has 2 heterocycles. The molecule has 1 amide bonds. The van der Waals surface area contributed by atoms with Crippen molar-refractivity contribution in [3.05, 3.63) is 48.4 Å². The van der Waals surface area contributed by atoms with Gasteiger partial charge in [0.25, 0.3) is 0 Å². The Morgan fingerprint density at radius 3 is 2.70 bits per heavy atom. The van der Waals surface area contributed by atoms with Crippen molar-refractivity contribution in [2.45, 2.75) is 19.4 Å². The second-order valence-corrected chi connectivity index (χ2v) is 4.83. The van der Waals surface area contributed by atoms with Crippen LogP contribution in [0.5, 0.6) is 0 Å². The molecule has 3 rings (SSSR count). The molecule has 0 unspecified atom stereocenters. The zero-order valence-electron chi connectivity index (χ0n) is 11.1. The van der Waals surface area contributed by atoms with Crippen LogP contribution in [0.3, 0.4) is 0 Å². The number of rotatable bonds is 4. The Bertz CT molecular complexity index is 583. The Labute approximate surface area is 117 Å². The molecule has 1 aliphatic heterocycles. The van der Waals surface area contributed by atoms with Crippen LogP contribution in [0.15, 0.2) is 42.9 Å². The first kappa shape index (κ1) is 12.6. The number of carbonyl (C=O) groups is 1. The van der Waals surface area contributed by atoms with E-state index in [9.17, 15) is 4.79 Å². The molecule has 0 atom stereocenters. The summed E-state index contributed by atoms with van der Waals surface area (Å²) in [5.74, 6) is 0.974. The van der Waals surface area contributed by atoms with E-state index in [1.807, 2.05) is 29.2 Å². The van der Waals surface area contributed by atoms with Crippen molar-refractivity contribution in [3.63, 3.8) is 0 Å². The van der Waals surface area contributed by atoms with E-state index in [2.05, 4.69) is 15.3 Å². The molecule has 1 fully saturated rings. The summed E-state index contributed by atoms with van der Waals surface area (Å²) < 4.78 is 0. The lowest BCUT2D eigenvalue weighted by Gasteiger charge is -2.15. The second kappa shape index (κ2) is 5.69. The van der Waals surface area contributed by atoms with Crippen LogP contribution in [-0.4, -0.2) is 27.3 Å². The van der Waals surface area contributed by atoms with E-state index in [0.717, 1.165) is 30.0 Å². The molecule has 1 aromatic heterocycles. The van der Waals surface area contributed by atoms with Crippen LogP contribution >= 0.6 is 0 Å². The fourth-order valence-corrected chi connectivity index (χ4v) is 2.30. The minimum absolute atomic E-state index is 0.256. The van der Waals surface area contributed by atoms with Crippen LogP contribution in [0, 0.1) is 0 Å². The third-order valence-electron chi connectivity index (χ3n) is 3.33. The number of hydrogen-bond donors (Lipinski definition) is 1. The highest BCUT2D eigenvalue weighted by atomic mass is 16.2. The van der Waals surface area contributed by atoms with Crippen molar-refractivity contribution in [1.82, 2.24) is 14.9 Å². The summed E-state index contributed by atoms with van der Waals surface area (Å²) in [7, 11) is 0. The highest BCUT2D eigenvalue weighted by molar-refractivity contribution is 5.78. The van der Waals surface area contributed by atoms with Gasteiger partial charge in [-0.3, -0.25) is 9.78 Å². The van der Waals surface area contributed by atoms with Gasteiger partial charge in [-0.05, 0) is 24.1 Å². The minimum atomic E-state index is 0.256. The Balaban J connectivity index is 1.64. The quantitative estimate of drug-likeness (QED) is 0.924. The van der Waals surface area contributed by atoms with Gasteiger partial charge in [0.05, 0.1) is 6.20 Å². The van der Waals surface area contributed by atoms with E-state index in [4.69, 9.17) is 0 Å². The van der Waals surface area contributed by atoms with E-state index in [-0.39, 0.29) is 5.91 Å². The first-order valence-corrected chi connectivity index (χ1v) is 6.71. The molecule has 1 aliphatic rings. The zero-order chi connectivity index (χ0) is 13.8. The number of amides is 1. The third kappa shape index (κ3) is 2.93. The van der Waals surface area contributed by atoms with E-state index in [1.165, 1.54) is 0 Å². The first-order valence-electron chi connectivity index (χ1n) is 6.71. The Morgan fingerprint density at radius 2 is 2.05 bits per heavy atom. The van der Waals surface area contributed by atoms with Gasteiger partial charge in [0.2, 0.25) is 5.91 Å². The van der Waals surface area contributed by atoms with E-state index in [0.29, 0.717) is 13.0 Å². The fourth-order valence-electron chi connectivity index (χ4n) is 2.30. The predicted octanol–water partition coefficient (Wildman–Crippen LogP) is 2.34. The van der Waals surface area contributed by atoms with Gasteiger partial charge < -0.3 is 10.2 Å². The number of hydrogen-bond acceptors (Lipinski definition) is 4. The van der Waals surface area contributed by atoms with Crippen LogP contribution < -0.4 is 5.32 Å². The van der Waals surface area contributed by atoms with Gasteiger partial charge in [-0.25, -0.2) is 4.98 Å². The van der Waals surface area contributed by atoms with Crippen LogP contribution in [0.4, 0.5) is 11.5 Å². The molecule has 0 spiro atoms. The summed E-state index contributed by atoms with van der Waals surface area (Å²) in [4.78, 5) is 21.7. The lowest BCUT2D eigenvalue weighted by molar-refractivity contribution is -0.128. The maximum Gasteiger partial charge on any atom is 0.222 e. The van der Waals surface area contributed by atoms with Crippen LogP contribution in [0.2, 0.25) is 0 Å². The van der Waals surface area contributed by atoms with E-state index in [1.54, 1.807) is 18.6 Å². The SMILES string of the molecule is O=C1CCCN1Cc1ccc(Nc2cnccn2)cc1. The van der Waals surface area contributed by atoms with Crippen molar-refractivity contribution in [2.75, 3.05) is 11.9 Å². The topological polar surface area (TPSA) is 58.1 Å². The molecule has 5 nitrogen and oxygen atoms in total. The molecule has 1 saturated heterocycles. The minimum Gasteiger partial charge on any atom is -0.339 e. The van der Waals surface area contributed by atoms with E-state index >= 15 is 0 Å². The number of nitrogens with one attached hydrogen (secondary N) is 1. The number of benzene rings is 1. The Hall–Kier alpha value is -2.43. The summed E-state index contributed by atoms with van der Waals surface area (Å²) in [5.41, 5.74) is 2.10. The molecule has 102 valence electrons. The van der Waals surface area contributed by atoms with Gasteiger partial charge in [0.1, 0.15) is 5.82 Å². The highest BCUT2D eigenvalue weighted by Crippen LogP contribution is 2.17. The predicted molar refractivity (Wildman–Crippen MR) is 76.4 cm³/mol. The number of anilines is 2. The first-order chi connectivity index (χ1) is 9.81. The van der Waals surface area contributed by atoms with Gasteiger partial charge in [0.15, 0.2) is 0 Å². The maximum atomic E-state index is 11.6. The molecule has 1 aromatic carbocycles. The summed E-state index contributed by atoms with van der Waals surface area (Å²) in [5, 5.41) is 3.18. The molecule has 5 heteroatoms. The average molecular weight is 268 g/mol. The smallest absolute Gasteiger partial charge is 0.222 e. The molecular formula is C15H16N4O. The van der Waals surface area contributed by atoms with Crippen molar-refractivity contribution in [1.29, 1.82) is 0 Å². The van der Waals surface area contributed by atoms with Crippen molar-refractivity contribution < 1.29 is 4.79 Å². The number of aromatic nitrogens is 2. The standard InChI is InChI=1S/C15H16N4O/c20-15-2-1-9-19(15)11-12-3-5-13(6-4-12)18-14-10-16-7-8-17-14/h3-8,10H,1-2,9,11H2,(H,17,18). The summed E-state index contributed by atoms with van der Waals surface area (Å²) >= 11 is 0. The lowest BCUT2D eigenvalue weighted by Crippen LogP contribution is -2.23. The number of nitrogens with zero attached hydrogens (tertiary/aromatic N) is 3. The monoisotopic (exact) mass is 268 g/mol. The Kier molecular flexibility index (Phi) is 3.58. The van der Waals surface area contributed by atoms with Crippen molar-refractivity contribution in [3.8, 4) is 0 Å². The van der Waals surface area contributed by atoms with Gasteiger partial charge >= 0.3 is 0 Å². The Morgan fingerprint density at radius 1 is 1.20 bits per heavy atom. The van der Waals surface area contributed by atoms with Crippen LogP contribution in [0.25, 0.3) is 0 Å². The second-order valence-electron chi connectivity index (χ2n) is 4.83. The van der Waals surface area contributed by atoms with Gasteiger partial charge in [-0.15, -0.1) is 0 Å². The maximum absolute atomic E-state index is 11.6. The molecule has 0 aliphatic carbocycles. The molecule has 0 saturated carbocycles. The molecule has 2 aromatic rings. The molecule has 0 bridgehead atoms. The number of carbonyl (C=O) groups excluding carboxylic acids is 1. The van der Waals surface area contributed by atoms with Gasteiger partial charge in [-0.2, -0.15) is 0 Å². The fraction of sp³-hybridized carbons (Fsp3) is 0.267. The van der Waals surface area contributed by atoms with Crippen molar-refractivity contribution >= 4 is 17.4 Å². The largest absolute Gasteiger partial charge is 0.339 e. The highest BCUT2D eigenvalue weighted by Gasteiger charge is 2.19. The molecule has 0 radical (unpaired) electrons. The van der Waals surface area contributed by atoms with Crippen LogP contribution in [-0.2, 0) is 11.3 Å². The molecule has 1 N–H and O–H groups in total. The normalized spacial score (nSPS) is 14.6. The lowest BCUT2D eigenvalue weighted by atomic mass is 10.2. The third-order valence-corrected chi connectivity index (χ3v) is 3.33. The summed E-state index contributed by atoms with van der Waals surface area (Å²) in [6.07, 6.45) is 6.63. The van der Waals surface area contributed by atoms with Crippen molar-refractivity contribution in [2.24, 2.45) is 0 Å². The van der Waals surface area contributed by atoms with E-state index < -0.39 is 0 Å². The molecular weight excluding hydrogens is 252 g/mol. The number of likely N-dealkylation sites (tertiary alicyclic amines) is 1. The summed E-state index contributed by atoms with van der Waals surface area (Å²) in [6.45, 7) is 1.57. The molecule has 20 heavy (non-hydrogen) atoms. The summed E-state index contributed by atoms with van der Waals surface area (Å²) in [6, 6.07) is 8.05. The van der Waals surface area contributed by atoms with Gasteiger partial charge in [0, 0.05) is 37.6 Å². The zero-order valence-corrected chi connectivity index (χ0v) is 11.1. The van der Waals surface area contributed by atoms with Crippen LogP contribution in [0.1, 0.15) is 18.4 Å².